The van der Waals surface area contributed by atoms with Gasteiger partial charge in [0.2, 0.25) is 11.8 Å². The second kappa shape index (κ2) is 12.0. The van der Waals surface area contributed by atoms with E-state index in [1.54, 1.807) is 40.1 Å². The van der Waals surface area contributed by atoms with Crippen molar-refractivity contribution in [2.45, 2.75) is 25.9 Å². The second-order valence-corrected chi connectivity index (χ2v) is 10.5. The van der Waals surface area contributed by atoms with Crippen molar-refractivity contribution in [3.63, 3.8) is 0 Å². The molecule has 5 heterocycles. The van der Waals surface area contributed by atoms with Gasteiger partial charge in [-0.3, -0.25) is 14.6 Å². The Labute approximate surface area is 247 Å². The van der Waals surface area contributed by atoms with Crippen LogP contribution in [0.2, 0.25) is 0 Å². The van der Waals surface area contributed by atoms with E-state index in [9.17, 15) is 9.59 Å². The van der Waals surface area contributed by atoms with Crippen LogP contribution in [0.1, 0.15) is 17.7 Å². The van der Waals surface area contributed by atoms with Crippen LogP contribution in [0.3, 0.4) is 0 Å². The average molecular weight is 596 g/mol. The maximum absolute atomic E-state index is 12.5. The smallest absolute Gasteiger partial charge is 0.226 e. The number of aliphatic imine (C=N–C) groups is 1. The highest BCUT2D eigenvalue weighted by atomic mass is 32.1. The van der Waals surface area contributed by atoms with Crippen molar-refractivity contribution < 1.29 is 9.59 Å². The van der Waals surface area contributed by atoms with Crippen molar-refractivity contribution >= 4 is 79.7 Å². The molecule has 0 saturated carbocycles. The molecule has 0 spiro atoms. The number of nitrogens with one attached hydrogen (secondary N) is 2. The number of hydrogen-bond donors (Lipinski definition) is 4. The molecule has 0 saturated heterocycles. The molecular formula is C27H25N13O2S. The molecule has 216 valence electrons. The largest absolute Gasteiger partial charge is 0.382 e. The van der Waals surface area contributed by atoms with Crippen LogP contribution in [0, 0.1) is 0 Å². The first kappa shape index (κ1) is 27.4. The summed E-state index contributed by atoms with van der Waals surface area (Å²) in [6.07, 6.45) is 8.14. The Morgan fingerprint density at radius 2 is 1.35 bits per heavy atom. The van der Waals surface area contributed by atoms with Gasteiger partial charge in [0.05, 0.1) is 23.3 Å². The van der Waals surface area contributed by atoms with Crippen LogP contribution in [0.25, 0.3) is 22.3 Å². The monoisotopic (exact) mass is 595 g/mol. The number of benzene rings is 1. The Bertz CT molecular complexity index is 1960. The van der Waals surface area contributed by atoms with Gasteiger partial charge in [0.1, 0.15) is 23.7 Å². The van der Waals surface area contributed by atoms with E-state index >= 15 is 0 Å². The van der Waals surface area contributed by atoms with Crippen molar-refractivity contribution in [3.8, 4) is 0 Å². The average Bonchev–Trinajstić information content (AvgIpc) is 3.74. The first-order chi connectivity index (χ1) is 20.9. The Morgan fingerprint density at radius 1 is 0.767 bits per heavy atom. The highest BCUT2D eigenvalue weighted by molar-refractivity contribution is 7.17. The molecule has 16 heteroatoms. The zero-order valence-electron chi connectivity index (χ0n) is 22.6. The lowest BCUT2D eigenvalue weighted by atomic mass is 10.2. The quantitative estimate of drug-likeness (QED) is 0.170. The highest BCUT2D eigenvalue weighted by Crippen LogP contribution is 2.23. The molecule has 15 nitrogen and oxygen atoms in total. The molecule has 1 aromatic carbocycles. The van der Waals surface area contributed by atoms with Gasteiger partial charge in [-0.05, 0) is 36.4 Å². The third-order valence-corrected chi connectivity index (χ3v) is 7.34. The van der Waals surface area contributed by atoms with Crippen molar-refractivity contribution in [2.24, 2.45) is 4.99 Å². The lowest BCUT2D eigenvalue weighted by Crippen LogP contribution is -2.14. The van der Waals surface area contributed by atoms with E-state index in [1.807, 2.05) is 24.3 Å². The standard InChI is InChI=1S/C27H25N13O2S/c28-24-22-26(33-12-31-24)39(14-35-22)9-7-19(41)37-17-3-1-16(2-4-17)30-11-18-5-6-21(43-18)38-20(42)8-10-40-15-36-23-25(29)32-13-34-27(23)40/h1-6,11-15H,7-10H2,(H,37,41)(H,38,42)(H2,28,31,33)(H2,29,32,34)/b30-11+. The van der Waals surface area contributed by atoms with Crippen LogP contribution < -0.4 is 22.1 Å². The minimum atomic E-state index is -0.148. The SMILES string of the molecule is Nc1ncnc2c1ncn2CCC(=O)Nc1ccc(/N=C/c2ccc(NC(=O)CCn3cnc4c(N)ncnc43)s2)cc1. The van der Waals surface area contributed by atoms with E-state index in [0.717, 1.165) is 10.6 Å². The summed E-state index contributed by atoms with van der Waals surface area (Å²) < 4.78 is 3.54. The van der Waals surface area contributed by atoms with Gasteiger partial charge in [-0.25, -0.2) is 29.9 Å². The molecule has 0 aliphatic carbocycles. The van der Waals surface area contributed by atoms with Gasteiger partial charge in [0.25, 0.3) is 0 Å². The fourth-order valence-corrected chi connectivity index (χ4v) is 5.05. The fourth-order valence-electron chi connectivity index (χ4n) is 4.25. The summed E-state index contributed by atoms with van der Waals surface area (Å²) in [7, 11) is 0. The van der Waals surface area contributed by atoms with E-state index in [4.69, 9.17) is 11.5 Å². The first-order valence-electron chi connectivity index (χ1n) is 13.1. The molecule has 0 fully saturated rings. The number of fused-ring (bicyclic) bond motifs is 2. The second-order valence-electron chi connectivity index (χ2n) is 9.34. The summed E-state index contributed by atoms with van der Waals surface area (Å²) >= 11 is 1.41. The number of thiophene rings is 1. The van der Waals surface area contributed by atoms with E-state index in [0.29, 0.717) is 57.7 Å². The predicted molar refractivity (Wildman–Crippen MR) is 164 cm³/mol. The number of amides is 2. The third-order valence-electron chi connectivity index (χ3n) is 6.40. The number of nitrogens with zero attached hydrogens (tertiary/aromatic N) is 9. The number of aromatic nitrogens is 8. The van der Waals surface area contributed by atoms with Crippen molar-refractivity contribution in [1.82, 2.24) is 39.0 Å². The summed E-state index contributed by atoms with van der Waals surface area (Å²) in [6, 6.07) is 10.9. The van der Waals surface area contributed by atoms with Crippen LogP contribution in [0.5, 0.6) is 0 Å². The van der Waals surface area contributed by atoms with Crippen molar-refractivity contribution in [2.75, 3.05) is 22.1 Å². The van der Waals surface area contributed by atoms with E-state index in [2.05, 4.69) is 45.5 Å². The van der Waals surface area contributed by atoms with Crippen molar-refractivity contribution in [1.29, 1.82) is 0 Å². The number of nitrogen functional groups attached to an aromatic ring is 2. The molecular weight excluding hydrogens is 570 g/mol. The van der Waals surface area contributed by atoms with Crippen LogP contribution in [0.4, 0.5) is 28.0 Å². The zero-order chi connectivity index (χ0) is 29.8. The number of aryl methyl sites for hydroxylation is 2. The molecule has 6 aromatic rings. The van der Waals surface area contributed by atoms with Gasteiger partial charge in [-0.2, -0.15) is 0 Å². The molecule has 6 N–H and O–H groups in total. The third kappa shape index (κ3) is 6.28. The number of hydrogen-bond acceptors (Lipinski definition) is 12. The number of anilines is 4. The van der Waals surface area contributed by atoms with Crippen LogP contribution in [-0.2, 0) is 22.7 Å². The molecule has 0 aliphatic heterocycles. The normalized spacial score (nSPS) is 11.4. The van der Waals surface area contributed by atoms with E-state index in [1.165, 1.54) is 24.0 Å². The molecule has 5 aromatic heterocycles. The number of rotatable bonds is 10. The molecule has 2 amide bonds. The fraction of sp³-hybridized carbons (Fsp3) is 0.148. The minimum Gasteiger partial charge on any atom is -0.382 e. The first-order valence-corrected chi connectivity index (χ1v) is 13.9. The van der Waals surface area contributed by atoms with Crippen molar-refractivity contribution in [3.05, 3.63) is 66.6 Å². The molecule has 6 rings (SSSR count). The van der Waals surface area contributed by atoms with Gasteiger partial charge >= 0.3 is 0 Å². The molecule has 0 atom stereocenters. The number of nitrogens with two attached hydrogens (primary N) is 2. The summed E-state index contributed by atoms with van der Waals surface area (Å²) in [5.74, 6) is 0.324. The molecule has 0 bridgehead atoms. The number of carbonyl (C=O) groups excluding carboxylic acids is 2. The molecule has 0 unspecified atom stereocenters. The van der Waals surface area contributed by atoms with Gasteiger partial charge < -0.3 is 31.2 Å². The lowest BCUT2D eigenvalue weighted by molar-refractivity contribution is -0.117. The summed E-state index contributed by atoms with van der Waals surface area (Å²) in [6.45, 7) is 0.804. The highest BCUT2D eigenvalue weighted by Gasteiger charge is 2.11. The Morgan fingerprint density at radius 3 is 1.95 bits per heavy atom. The molecule has 43 heavy (non-hydrogen) atoms. The number of imidazole rings is 2. The molecule has 0 radical (unpaired) electrons. The van der Waals surface area contributed by atoms with E-state index in [-0.39, 0.29) is 24.7 Å². The maximum Gasteiger partial charge on any atom is 0.226 e. The van der Waals surface area contributed by atoms with Gasteiger partial charge in [-0.1, -0.05) is 0 Å². The predicted octanol–water partition coefficient (Wildman–Crippen LogP) is 3.00. The van der Waals surface area contributed by atoms with Gasteiger partial charge in [-0.15, -0.1) is 11.3 Å². The Balaban J connectivity index is 0.970. The van der Waals surface area contributed by atoms with Crippen LogP contribution in [0.15, 0.2) is 66.7 Å². The van der Waals surface area contributed by atoms with Gasteiger partial charge in [0.15, 0.2) is 22.9 Å². The topological polar surface area (TPSA) is 210 Å². The summed E-state index contributed by atoms with van der Waals surface area (Å²) in [5.41, 5.74) is 15.2. The lowest BCUT2D eigenvalue weighted by Gasteiger charge is -2.06. The summed E-state index contributed by atoms with van der Waals surface area (Å²) in [4.78, 5) is 55.0. The Hall–Kier alpha value is -5.77. The van der Waals surface area contributed by atoms with Crippen LogP contribution in [-0.4, -0.2) is 57.1 Å². The zero-order valence-corrected chi connectivity index (χ0v) is 23.4. The Kier molecular flexibility index (Phi) is 7.64. The maximum atomic E-state index is 12.5. The van der Waals surface area contributed by atoms with Gasteiger partial charge in [0, 0.05) is 42.7 Å². The number of carbonyl (C=O) groups is 2. The minimum absolute atomic E-state index is 0.135. The summed E-state index contributed by atoms with van der Waals surface area (Å²) in [5, 5.41) is 6.50. The van der Waals surface area contributed by atoms with Crippen LogP contribution >= 0.6 is 11.3 Å². The van der Waals surface area contributed by atoms with E-state index < -0.39 is 0 Å². The molecule has 0 aliphatic rings.